The van der Waals surface area contributed by atoms with Gasteiger partial charge in [0, 0.05) is 6.07 Å². The number of halogens is 2. The molecule has 1 aliphatic rings. The van der Waals surface area contributed by atoms with E-state index in [4.69, 9.17) is 5.73 Å². The largest absolute Gasteiger partial charge is 0.396 e. The maximum absolute atomic E-state index is 13.7. The van der Waals surface area contributed by atoms with Crippen LogP contribution in [0.4, 0.5) is 14.5 Å². The first-order valence-electron chi connectivity index (χ1n) is 6.24. The molecule has 1 unspecified atom stereocenters. The van der Waals surface area contributed by atoms with Gasteiger partial charge in [0.05, 0.1) is 11.3 Å². The molecule has 1 heterocycles. The smallest absolute Gasteiger partial charge is 0.258 e. The number of nitrogens with zero attached hydrogens (tertiary/aromatic N) is 1. The molecule has 1 aromatic rings. The van der Waals surface area contributed by atoms with Crippen molar-refractivity contribution in [3.63, 3.8) is 0 Å². The molecule has 3 amide bonds. The van der Waals surface area contributed by atoms with Crippen molar-refractivity contribution in [2.45, 2.75) is 19.4 Å². The Kier molecular flexibility index (Phi) is 3.88. The lowest BCUT2D eigenvalue weighted by Crippen LogP contribution is -2.59. The number of benzene rings is 1. The Morgan fingerprint density at radius 3 is 2.67 bits per heavy atom. The van der Waals surface area contributed by atoms with Crippen LogP contribution in [0.2, 0.25) is 0 Å². The number of nitrogens with two attached hydrogens (primary N) is 1. The summed E-state index contributed by atoms with van der Waals surface area (Å²) >= 11 is 0. The number of hydrogen-bond donors (Lipinski definition) is 2. The molecule has 0 radical (unpaired) electrons. The summed E-state index contributed by atoms with van der Waals surface area (Å²) in [6.07, 6.45) is 0.253. The van der Waals surface area contributed by atoms with E-state index < -0.39 is 41.0 Å². The minimum absolute atomic E-state index is 0.253. The molecule has 0 bridgehead atoms. The molecule has 1 atom stereocenters. The molecule has 21 heavy (non-hydrogen) atoms. The average Bonchev–Trinajstić information content (AvgIpc) is 2.41. The summed E-state index contributed by atoms with van der Waals surface area (Å²) in [5.74, 6) is -4.25. The monoisotopic (exact) mass is 297 g/mol. The van der Waals surface area contributed by atoms with Crippen molar-refractivity contribution in [1.82, 2.24) is 10.2 Å². The quantitative estimate of drug-likeness (QED) is 0.611. The van der Waals surface area contributed by atoms with Gasteiger partial charge in [0.2, 0.25) is 11.8 Å². The molecule has 0 aliphatic carbocycles. The minimum Gasteiger partial charge on any atom is -0.396 e. The zero-order valence-corrected chi connectivity index (χ0v) is 11.2. The predicted octanol–water partition coefficient (Wildman–Crippen LogP) is 0.424. The van der Waals surface area contributed by atoms with E-state index in [0.29, 0.717) is 6.07 Å². The van der Waals surface area contributed by atoms with Crippen molar-refractivity contribution in [1.29, 1.82) is 0 Å². The van der Waals surface area contributed by atoms with E-state index >= 15 is 0 Å². The topological polar surface area (TPSA) is 92.5 Å². The molecule has 112 valence electrons. The molecule has 1 fully saturated rings. The Morgan fingerprint density at radius 2 is 2.05 bits per heavy atom. The molecule has 1 aromatic carbocycles. The highest BCUT2D eigenvalue weighted by atomic mass is 19.1. The molecule has 1 aliphatic heterocycles. The van der Waals surface area contributed by atoms with Gasteiger partial charge in [-0.25, -0.2) is 8.78 Å². The van der Waals surface area contributed by atoms with Crippen molar-refractivity contribution in [3.8, 4) is 0 Å². The van der Waals surface area contributed by atoms with Crippen molar-refractivity contribution in [3.05, 3.63) is 29.3 Å². The maximum atomic E-state index is 13.7. The maximum Gasteiger partial charge on any atom is 0.258 e. The van der Waals surface area contributed by atoms with Crippen LogP contribution in [-0.4, -0.2) is 35.2 Å². The van der Waals surface area contributed by atoms with E-state index in [2.05, 4.69) is 5.32 Å². The Bertz CT molecular complexity index is 633. The second-order valence-electron chi connectivity index (χ2n) is 4.62. The Balaban J connectivity index is 2.40. The summed E-state index contributed by atoms with van der Waals surface area (Å²) in [4.78, 5) is 36.3. The molecule has 8 heteroatoms. The zero-order valence-electron chi connectivity index (χ0n) is 11.2. The van der Waals surface area contributed by atoms with Crippen LogP contribution >= 0.6 is 0 Å². The van der Waals surface area contributed by atoms with Crippen molar-refractivity contribution >= 4 is 23.4 Å². The lowest BCUT2D eigenvalue weighted by molar-refractivity contribution is -0.138. The number of carbonyl (C=O) groups is 3. The number of imide groups is 1. The highest BCUT2D eigenvalue weighted by molar-refractivity contribution is 6.07. The van der Waals surface area contributed by atoms with Gasteiger partial charge in [-0.3, -0.25) is 19.7 Å². The van der Waals surface area contributed by atoms with Gasteiger partial charge in [0.15, 0.2) is 0 Å². The SMILES string of the molecule is CCC1C(=O)NC(=O)CN1C(=O)c1cc(N)c(F)cc1F. The number of piperazine rings is 1. The number of carbonyl (C=O) groups excluding carboxylic acids is 3. The summed E-state index contributed by atoms with van der Waals surface area (Å²) in [6, 6.07) is 0.465. The number of hydrogen-bond acceptors (Lipinski definition) is 4. The van der Waals surface area contributed by atoms with Gasteiger partial charge in [0.1, 0.15) is 24.2 Å². The average molecular weight is 297 g/mol. The minimum atomic E-state index is -1.10. The van der Waals surface area contributed by atoms with Crippen molar-refractivity contribution < 1.29 is 23.2 Å². The third kappa shape index (κ3) is 2.69. The molecular formula is C13H13F2N3O3. The lowest BCUT2D eigenvalue weighted by atomic mass is 10.1. The van der Waals surface area contributed by atoms with Crippen LogP contribution in [0.1, 0.15) is 23.7 Å². The summed E-state index contributed by atoms with van der Waals surface area (Å²) in [5.41, 5.74) is 4.45. The molecule has 0 aromatic heterocycles. The summed E-state index contributed by atoms with van der Waals surface area (Å²) in [6.45, 7) is 1.27. The van der Waals surface area contributed by atoms with E-state index in [1.165, 1.54) is 0 Å². The van der Waals surface area contributed by atoms with Gasteiger partial charge < -0.3 is 10.6 Å². The van der Waals surface area contributed by atoms with Gasteiger partial charge in [0.25, 0.3) is 5.91 Å². The summed E-state index contributed by atoms with van der Waals surface area (Å²) in [7, 11) is 0. The molecule has 0 spiro atoms. The Morgan fingerprint density at radius 1 is 1.38 bits per heavy atom. The zero-order chi connectivity index (χ0) is 15.7. The predicted molar refractivity (Wildman–Crippen MR) is 69.0 cm³/mol. The fourth-order valence-electron chi connectivity index (χ4n) is 2.17. The molecule has 3 N–H and O–H groups in total. The van der Waals surface area contributed by atoms with Crippen molar-refractivity contribution in [2.24, 2.45) is 0 Å². The number of anilines is 1. The van der Waals surface area contributed by atoms with Crippen LogP contribution in [0.3, 0.4) is 0 Å². The van der Waals surface area contributed by atoms with E-state index in [1.807, 2.05) is 0 Å². The highest BCUT2D eigenvalue weighted by Crippen LogP contribution is 2.20. The second-order valence-corrected chi connectivity index (χ2v) is 4.62. The van der Waals surface area contributed by atoms with Gasteiger partial charge in [-0.05, 0) is 12.5 Å². The highest BCUT2D eigenvalue weighted by Gasteiger charge is 2.36. The molecular weight excluding hydrogens is 284 g/mol. The fraction of sp³-hybridized carbons (Fsp3) is 0.308. The van der Waals surface area contributed by atoms with Crippen LogP contribution in [0, 0.1) is 11.6 Å². The first-order valence-corrected chi connectivity index (χ1v) is 6.24. The molecule has 0 saturated carbocycles. The van der Waals surface area contributed by atoms with Crippen LogP contribution in [0.5, 0.6) is 0 Å². The van der Waals surface area contributed by atoms with E-state index in [9.17, 15) is 23.2 Å². The Labute approximate surface area is 118 Å². The number of amides is 3. The number of nitrogen functional groups attached to an aromatic ring is 1. The van der Waals surface area contributed by atoms with E-state index in [0.717, 1.165) is 11.0 Å². The van der Waals surface area contributed by atoms with E-state index in [-0.39, 0.29) is 18.7 Å². The van der Waals surface area contributed by atoms with Gasteiger partial charge >= 0.3 is 0 Å². The third-order valence-corrected chi connectivity index (χ3v) is 3.22. The van der Waals surface area contributed by atoms with E-state index in [1.54, 1.807) is 6.92 Å². The molecule has 2 rings (SSSR count). The fourth-order valence-corrected chi connectivity index (χ4v) is 2.17. The number of rotatable bonds is 2. The Hall–Kier alpha value is -2.51. The van der Waals surface area contributed by atoms with Crippen LogP contribution in [-0.2, 0) is 9.59 Å². The van der Waals surface area contributed by atoms with Gasteiger partial charge in [-0.1, -0.05) is 6.92 Å². The van der Waals surface area contributed by atoms with Gasteiger partial charge in [-0.15, -0.1) is 0 Å². The first kappa shape index (κ1) is 14.9. The standard InChI is InChI=1S/C13H13F2N3O3/c1-2-10-12(20)17-11(19)5-18(10)13(21)6-3-9(16)8(15)4-7(6)14/h3-4,10H,2,5,16H2,1H3,(H,17,19,20). The summed E-state index contributed by atoms with van der Waals surface area (Å²) < 4.78 is 26.9. The summed E-state index contributed by atoms with van der Waals surface area (Å²) in [5, 5.41) is 2.10. The third-order valence-electron chi connectivity index (χ3n) is 3.22. The van der Waals surface area contributed by atoms with Crippen LogP contribution < -0.4 is 11.1 Å². The van der Waals surface area contributed by atoms with Crippen molar-refractivity contribution in [2.75, 3.05) is 12.3 Å². The molecule has 6 nitrogen and oxygen atoms in total. The lowest BCUT2D eigenvalue weighted by Gasteiger charge is -2.33. The van der Waals surface area contributed by atoms with Crippen LogP contribution in [0.25, 0.3) is 0 Å². The molecule has 1 saturated heterocycles. The van der Waals surface area contributed by atoms with Crippen LogP contribution in [0.15, 0.2) is 12.1 Å². The number of nitrogens with one attached hydrogen (secondary N) is 1. The second kappa shape index (κ2) is 5.47. The first-order chi connectivity index (χ1) is 9.85. The normalized spacial score (nSPS) is 18.6. The van der Waals surface area contributed by atoms with Gasteiger partial charge in [-0.2, -0.15) is 0 Å².